The lowest BCUT2D eigenvalue weighted by atomic mass is 9.91. The molecule has 0 aromatic heterocycles. The number of hydrogen-bond acceptors (Lipinski definition) is 4. The van der Waals surface area contributed by atoms with Gasteiger partial charge in [0.2, 0.25) is 0 Å². The van der Waals surface area contributed by atoms with Gasteiger partial charge in [-0.1, -0.05) is 41.6 Å². The lowest BCUT2D eigenvalue weighted by Crippen LogP contribution is -2.66. The monoisotopic (exact) mass is 741 g/mol. The van der Waals surface area contributed by atoms with E-state index in [1.807, 2.05) is 0 Å². The maximum Gasteiger partial charge on any atom is 0.460 e. The smallest absolute Gasteiger partial charge is 0.263 e. The molecule has 264 valence electrons. The van der Waals surface area contributed by atoms with Crippen molar-refractivity contribution in [3.8, 4) is 11.1 Å². The van der Waals surface area contributed by atoms with Gasteiger partial charge in [0.1, 0.15) is 0 Å². The van der Waals surface area contributed by atoms with E-state index in [2.05, 4.69) is 4.28 Å². The van der Waals surface area contributed by atoms with Gasteiger partial charge >= 0.3 is 63.5 Å². The molecule has 4 nitrogen and oxygen atoms in total. The molecule has 1 aliphatic carbocycles. The highest BCUT2D eigenvalue weighted by atomic mass is 32.2. The Kier molecular flexibility index (Phi) is 8.92. The first-order valence-corrected chi connectivity index (χ1v) is 13.0. The van der Waals surface area contributed by atoms with Crippen LogP contribution in [0.25, 0.3) is 11.1 Å². The van der Waals surface area contributed by atoms with E-state index in [0.717, 1.165) is 0 Å². The van der Waals surface area contributed by atoms with Crippen LogP contribution in [0.3, 0.4) is 0 Å². The standard InChI is InChI=1S/C23H10F19NO3S/c24-15(25)17(28,29)19(32,33)18(30,31)16(26,27)14(10-5-6-13-11(8-10)7-9-3-1-2-4-12(9)13)43-46-47(44,45)23(41,42)21(36,37)20(34,35)22(38,39)40/h1-6,8,15H,7H2/b43-14-. The molecule has 47 heavy (non-hydrogen) atoms. The summed E-state index contributed by atoms with van der Waals surface area (Å²) in [6, 6.07) is 6.48. The summed E-state index contributed by atoms with van der Waals surface area (Å²) in [7, 11) is -8.29. The maximum atomic E-state index is 15.1. The third-order valence-corrected chi connectivity index (χ3v) is 7.66. The van der Waals surface area contributed by atoms with E-state index < -0.39 is 74.8 Å². The lowest BCUT2D eigenvalue weighted by molar-refractivity contribution is -0.382. The van der Waals surface area contributed by atoms with Gasteiger partial charge in [0.05, 0.1) is 0 Å². The molecule has 0 saturated heterocycles. The fourth-order valence-corrected chi connectivity index (χ4v) is 4.64. The van der Waals surface area contributed by atoms with Gasteiger partial charge in [-0.05, 0) is 34.7 Å². The van der Waals surface area contributed by atoms with E-state index in [9.17, 15) is 83.1 Å². The summed E-state index contributed by atoms with van der Waals surface area (Å²) in [5, 5.41) is -6.41. The molecular formula is C23H10F19NO3S. The van der Waals surface area contributed by atoms with Crippen molar-refractivity contribution in [1.82, 2.24) is 0 Å². The minimum Gasteiger partial charge on any atom is -0.263 e. The van der Waals surface area contributed by atoms with Crippen LogP contribution in [0.4, 0.5) is 83.4 Å². The van der Waals surface area contributed by atoms with E-state index >= 15 is 8.78 Å². The minimum atomic E-state index is -8.29. The molecule has 2 aromatic rings. The zero-order valence-electron chi connectivity index (χ0n) is 21.6. The Labute approximate surface area is 247 Å². The van der Waals surface area contributed by atoms with Gasteiger partial charge in [-0.25, -0.2) is 8.78 Å². The average Bonchev–Trinajstić information content (AvgIpc) is 3.29. The first-order valence-electron chi connectivity index (χ1n) is 11.6. The highest BCUT2D eigenvalue weighted by molar-refractivity contribution is 7.87. The lowest BCUT2D eigenvalue weighted by Gasteiger charge is -2.36. The highest BCUT2D eigenvalue weighted by Crippen LogP contribution is 2.57. The second-order valence-corrected chi connectivity index (χ2v) is 11.1. The van der Waals surface area contributed by atoms with E-state index in [0.29, 0.717) is 11.6 Å². The van der Waals surface area contributed by atoms with Crippen molar-refractivity contribution < 1.29 is 96.1 Å². The van der Waals surface area contributed by atoms with E-state index in [1.54, 1.807) is 0 Å². The van der Waals surface area contributed by atoms with E-state index in [4.69, 9.17) is 0 Å². The minimum absolute atomic E-state index is 0.0161. The third-order valence-electron chi connectivity index (χ3n) is 6.50. The number of oxime groups is 1. The summed E-state index contributed by atoms with van der Waals surface area (Å²) in [4.78, 5) is 0. The van der Waals surface area contributed by atoms with Crippen LogP contribution in [0.1, 0.15) is 16.7 Å². The van der Waals surface area contributed by atoms with Gasteiger partial charge in [-0.15, -0.1) is 0 Å². The largest absolute Gasteiger partial charge is 0.460 e. The number of rotatable bonds is 11. The first kappa shape index (κ1) is 38.0. The molecule has 24 heteroatoms. The Balaban J connectivity index is 2.27. The van der Waals surface area contributed by atoms with Crippen LogP contribution in [0.2, 0.25) is 0 Å². The summed E-state index contributed by atoms with van der Waals surface area (Å²) in [5.74, 6) is -46.3. The van der Waals surface area contributed by atoms with Crippen LogP contribution in [0, 0.1) is 0 Å². The molecule has 0 unspecified atom stereocenters. The fourth-order valence-electron chi connectivity index (χ4n) is 3.93. The Hall–Kier alpha value is -3.47. The van der Waals surface area contributed by atoms with Crippen LogP contribution < -0.4 is 0 Å². The topological polar surface area (TPSA) is 55.7 Å². The number of halogens is 19. The summed E-state index contributed by atoms with van der Waals surface area (Å²) in [6.07, 6.45) is -13.8. The van der Waals surface area contributed by atoms with Crippen molar-refractivity contribution in [2.24, 2.45) is 5.16 Å². The van der Waals surface area contributed by atoms with Crippen molar-refractivity contribution in [3.05, 3.63) is 59.2 Å². The van der Waals surface area contributed by atoms with Crippen LogP contribution in [0.5, 0.6) is 0 Å². The number of benzene rings is 2. The van der Waals surface area contributed by atoms with Crippen LogP contribution in [0.15, 0.2) is 47.6 Å². The van der Waals surface area contributed by atoms with Gasteiger partial charge in [-0.2, -0.15) is 83.1 Å². The van der Waals surface area contributed by atoms with E-state index in [1.165, 1.54) is 29.4 Å². The fraction of sp³-hybridized carbons (Fsp3) is 0.435. The van der Waals surface area contributed by atoms with E-state index in [-0.39, 0.29) is 35.2 Å². The molecule has 0 heterocycles. The second kappa shape index (κ2) is 11.0. The molecular weight excluding hydrogens is 731 g/mol. The number of fused-ring (bicyclic) bond motifs is 3. The molecule has 2 aromatic carbocycles. The third kappa shape index (κ3) is 5.42. The van der Waals surface area contributed by atoms with Crippen molar-refractivity contribution in [2.45, 2.75) is 59.8 Å². The predicted molar refractivity (Wildman–Crippen MR) is 118 cm³/mol. The summed E-state index contributed by atoms with van der Waals surface area (Å²) in [5.41, 5.74) is -5.02. The molecule has 0 bridgehead atoms. The molecule has 0 saturated carbocycles. The molecule has 0 N–H and O–H groups in total. The maximum absolute atomic E-state index is 15.1. The van der Waals surface area contributed by atoms with Crippen molar-refractivity contribution in [3.63, 3.8) is 0 Å². The van der Waals surface area contributed by atoms with Crippen LogP contribution in [-0.2, 0) is 20.8 Å². The second-order valence-electron chi connectivity index (χ2n) is 9.48. The van der Waals surface area contributed by atoms with Crippen molar-refractivity contribution in [1.29, 1.82) is 0 Å². The van der Waals surface area contributed by atoms with Gasteiger partial charge < -0.3 is 0 Å². The summed E-state index contributed by atoms with van der Waals surface area (Å²) < 4.78 is 284. The number of nitrogens with zero attached hydrogens (tertiary/aromatic N) is 1. The predicted octanol–water partition coefficient (Wildman–Crippen LogP) is 8.54. The van der Waals surface area contributed by atoms with Gasteiger partial charge in [0, 0.05) is 5.56 Å². The summed E-state index contributed by atoms with van der Waals surface area (Å²) >= 11 is 0. The van der Waals surface area contributed by atoms with Crippen LogP contribution in [-0.4, -0.2) is 67.5 Å². The number of alkyl halides is 19. The first-order chi connectivity index (χ1) is 20.8. The van der Waals surface area contributed by atoms with Gasteiger partial charge in [0.15, 0.2) is 5.71 Å². The number of hydrogen-bond donors (Lipinski definition) is 0. The normalized spacial score (nSPS) is 16.0. The van der Waals surface area contributed by atoms with Crippen molar-refractivity contribution in [2.75, 3.05) is 0 Å². The Morgan fingerprint density at radius 1 is 0.660 bits per heavy atom. The average molecular weight is 741 g/mol. The van der Waals surface area contributed by atoms with Gasteiger partial charge in [-0.3, -0.25) is 4.28 Å². The zero-order chi connectivity index (χ0) is 36.6. The zero-order valence-corrected chi connectivity index (χ0v) is 22.4. The quantitative estimate of drug-likeness (QED) is 0.113. The Morgan fingerprint density at radius 2 is 1.17 bits per heavy atom. The van der Waals surface area contributed by atoms with Gasteiger partial charge in [0.25, 0.3) is 0 Å². The molecule has 0 fully saturated rings. The molecule has 0 amide bonds. The molecule has 1 aliphatic rings. The molecule has 3 rings (SSSR count). The molecule has 0 atom stereocenters. The Morgan fingerprint density at radius 3 is 1.68 bits per heavy atom. The molecule has 0 radical (unpaired) electrons. The van der Waals surface area contributed by atoms with Crippen LogP contribution >= 0.6 is 0 Å². The highest BCUT2D eigenvalue weighted by Gasteiger charge is 2.87. The summed E-state index contributed by atoms with van der Waals surface area (Å²) in [6.45, 7) is 0. The SMILES string of the molecule is O=S(=O)(O/N=C(/c1ccc2c(c1)Cc1ccccc1-2)C(F)(F)C(F)(F)C(F)(F)C(F)(F)C(F)F)C(F)(F)C(F)(F)C(F)(F)C(F)(F)F. The molecule has 0 aliphatic heterocycles. The Bertz CT molecular complexity index is 1670. The van der Waals surface area contributed by atoms with Crippen molar-refractivity contribution >= 4 is 15.8 Å². The molecule has 0 spiro atoms.